The largest absolute Gasteiger partial charge is 0.490 e. The zero-order valence-corrected chi connectivity index (χ0v) is 17.4. The summed E-state index contributed by atoms with van der Waals surface area (Å²) in [6.07, 6.45) is 5.52. The molecule has 3 heterocycles. The zero-order valence-electron chi connectivity index (χ0n) is 16.6. The highest BCUT2D eigenvalue weighted by Gasteiger charge is 2.17. The summed E-state index contributed by atoms with van der Waals surface area (Å²) in [5.74, 6) is 0.111. The maximum Gasteiger partial charge on any atom is 0.271 e. The summed E-state index contributed by atoms with van der Waals surface area (Å²) < 4.78 is 7.36. The fourth-order valence-corrected chi connectivity index (χ4v) is 4.28. The van der Waals surface area contributed by atoms with Crippen LogP contribution < -0.4 is 15.6 Å². The third kappa shape index (κ3) is 4.33. The van der Waals surface area contributed by atoms with E-state index in [1.165, 1.54) is 34.8 Å². The summed E-state index contributed by atoms with van der Waals surface area (Å²) in [6.45, 7) is 7.49. The summed E-state index contributed by atoms with van der Waals surface area (Å²) in [5.41, 5.74) is 1.18. The van der Waals surface area contributed by atoms with Crippen LogP contribution in [0.3, 0.4) is 0 Å². The average molecular weight is 413 g/mol. The Morgan fingerprint density at radius 3 is 2.86 bits per heavy atom. The Balaban J connectivity index is 1.52. The molecule has 1 aromatic carbocycles. The molecule has 3 aromatic rings. The molecule has 0 aliphatic carbocycles. The van der Waals surface area contributed by atoms with Gasteiger partial charge in [0.2, 0.25) is 0 Å². The van der Waals surface area contributed by atoms with Crippen molar-refractivity contribution in [3.8, 4) is 5.75 Å². The Bertz CT molecular complexity index is 1100. The molecule has 152 valence electrons. The standard InChI is InChI=1S/C21H24N4O3S/c1-14-5-6-18(28-10-9-24-7-3-4-8-24)17(11-14)23-19(26)16-12-22-21-25(20(16)27)13-15(2)29-21/h5-6,11-13H,3-4,7-10H2,1-2H3,(H,23,26). The topological polar surface area (TPSA) is 75.9 Å². The molecule has 29 heavy (non-hydrogen) atoms. The van der Waals surface area contributed by atoms with Crippen molar-refractivity contribution in [2.45, 2.75) is 26.7 Å². The summed E-state index contributed by atoms with van der Waals surface area (Å²) in [5, 5.41) is 2.83. The number of ether oxygens (including phenoxy) is 1. The number of carbonyl (C=O) groups is 1. The van der Waals surface area contributed by atoms with Gasteiger partial charge in [-0.2, -0.15) is 0 Å². The second-order valence-corrected chi connectivity index (χ2v) is 8.54. The highest BCUT2D eigenvalue weighted by molar-refractivity contribution is 7.16. The second-order valence-electron chi connectivity index (χ2n) is 7.32. The lowest BCUT2D eigenvalue weighted by atomic mass is 10.2. The maximum absolute atomic E-state index is 12.8. The molecule has 0 atom stereocenters. The van der Waals surface area contributed by atoms with Gasteiger partial charge in [-0.05, 0) is 57.5 Å². The molecule has 0 bridgehead atoms. The summed E-state index contributed by atoms with van der Waals surface area (Å²) >= 11 is 1.41. The molecule has 1 fully saturated rings. The SMILES string of the molecule is Cc1ccc(OCCN2CCCC2)c(NC(=O)c2cnc3sc(C)cn3c2=O)c1. The molecule has 4 rings (SSSR count). The van der Waals surface area contributed by atoms with Crippen molar-refractivity contribution in [2.75, 3.05) is 31.6 Å². The molecule has 2 aromatic heterocycles. The van der Waals surface area contributed by atoms with Gasteiger partial charge >= 0.3 is 0 Å². The number of hydrogen-bond donors (Lipinski definition) is 1. The average Bonchev–Trinajstić information content (AvgIpc) is 3.33. The minimum absolute atomic E-state index is 0.00447. The number of carbonyl (C=O) groups excluding carboxylic acids is 1. The van der Waals surface area contributed by atoms with Gasteiger partial charge in [0.1, 0.15) is 17.9 Å². The maximum atomic E-state index is 12.8. The normalized spacial score (nSPS) is 14.4. The Hall–Kier alpha value is -2.71. The van der Waals surface area contributed by atoms with E-state index >= 15 is 0 Å². The molecular weight excluding hydrogens is 388 g/mol. The first kappa shape index (κ1) is 19.6. The van der Waals surface area contributed by atoms with E-state index in [1.54, 1.807) is 6.20 Å². The lowest BCUT2D eigenvalue weighted by molar-refractivity contribution is 0.102. The predicted octanol–water partition coefficient (Wildman–Crippen LogP) is 3.10. The minimum Gasteiger partial charge on any atom is -0.490 e. The van der Waals surface area contributed by atoms with Gasteiger partial charge in [-0.1, -0.05) is 6.07 Å². The molecule has 8 heteroatoms. The van der Waals surface area contributed by atoms with Crippen LogP contribution in [0.1, 0.15) is 33.6 Å². The second kappa shape index (κ2) is 8.34. The smallest absolute Gasteiger partial charge is 0.271 e. The van der Waals surface area contributed by atoms with E-state index in [1.807, 2.05) is 32.0 Å². The number of aromatic nitrogens is 2. The molecule has 1 N–H and O–H groups in total. The van der Waals surface area contributed by atoms with Gasteiger partial charge in [0.15, 0.2) is 4.96 Å². The molecule has 0 spiro atoms. The molecule has 0 saturated carbocycles. The molecule has 0 radical (unpaired) electrons. The molecule has 1 saturated heterocycles. The van der Waals surface area contributed by atoms with Crippen LogP contribution in [0.4, 0.5) is 5.69 Å². The number of aryl methyl sites for hydroxylation is 2. The number of benzene rings is 1. The van der Waals surface area contributed by atoms with Gasteiger partial charge in [-0.3, -0.25) is 18.9 Å². The number of nitrogens with zero attached hydrogens (tertiary/aromatic N) is 3. The summed E-state index contributed by atoms with van der Waals surface area (Å²) in [6, 6.07) is 5.64. The van der Waals surface area contributed by atoms with Gasteiger partial charge in [-0.25, -0.2) is 4.98 Å². The highest BCUT2D eigenvalue weighted by atomic mass is 32.1. The van der Waals surface area contributed by atoms with E-state index in [0.29, 0.717) is 23.0 Å². The van der Waals surface area contributed by atoms with E-state index < -0.39 is 5.91 Å². The number of amides is 1. The number of hydrogen-bond acceptors (Lipinski definition) is 6. The van der Waals surface area contributed by atoms with Crippen LogP contribution >= 0.6 is 11.3 Å². The molecule has 7 nitrogen and oxygen atoms in total. The van der Waals surface area contributed by atoms with Gasteiger partial charge in [-0.15, -0.1) is 11.3 Å². The van der Waals surface area contributed by atoms with Gasteiger partial charge < -0.3 is 10.1 Å². The number of likely N-dealkylation sites (tertiary alicyclic amines) is 1. The monoisotopic (exact) mass is 412 g/mol. The van der Waals surface area contributed by atoms with Crippen molar-refractivity contribution >= 4 is 27.9 Å². The van der Waals surface area contributed by atoms with Crippen LogP contribution in [-0.4, -0.2) is 46.4 Å². The van der Waals surface area contributed by atoms with Crippen LogP contribution in [0.25, 0.3) is 4.96 Å². The van der Waals surface area contributed by atoms with Crippen LogP contribution in [0.2, 0.25) is 0 Å². The van der Waals surface area contributed by atoms with E-state index in [-0.39, 0.29) is 11.1 Å². The van der Waals surface area contributed by atoms with Crippen LogP contribution in [0.15, 0.2) is 35.4 Å². The van der Waals surface area contributed by atoms with Crippen molar-refractivity contribution < 1.29 is 9.53 Å². The molecular formula is C21H24N4O3S. The number of anilines is 1. The van der Waals surface area contributed by atoms with Gasteiger partial charge in [0.05, 0.1) is 5.69 Å². The third-order valence-electron chi connectivity index (χ3n) is 5.01. The fourth-order valence-electron chi connectivity index (χ4n) is 3.50. The van der Waals surface area contributed by atoms with Gasteiger partial charge in [0, 0.05) is 23.8 Å². The predicted molar refractivity (Wildman–Crippen MR) is 114 cm³/mol. The Kier molecular flexibility index (Phi) is 5.64. The third-order valence-corrected chi connectivity index (χ3v) is 5.93. The van der Waals surface area contributed by atoms with Crippen molar-refractivity contribution in [1.29, 1.82) is 0 Å². The van der Waals surface area contributed by atoms with Crippen molar-refractivity contribution in [2.24, 2.45) is 0 Å². The zero-order chi connectivity index (χ0) is 20.4. The summed E-state index contributed by atoms with van der Waals surface area (Å²) in [7, 11) is 0. The first-order valence-electron chi connectivity index (χ1n) is 9.76. The Morgan fingerprint density at radius 2 is 2.07 bits per heavy atom. The Morgan fingerprint density at radius 1 is 1.28 bits per heavy atom. The fraction of sp³-hybridized carbons (Fsp3) is 0.381. The molecule has 1 aliphatic heterocycles. The minimum atomic E-state index is -0.490. The number of rotatable bonds is 6. The van der Waals surface area contributed by atoms with Crippen molar-refractivity contribution in [3.05, 3.63) is 57.0 Å². The van der Waals surface area contributed by atoms with E-state index in [9.17, 15) is 9.59 Å². The number of nitrogens with one attached hydrogen (secondary N) is 1. The first-order valence-corrected chi connectivity index (χ1v) is 10.6. The quantitative estimate of drug-likeness (QED) is 0.673. The molecule has 0 unspecified atom stereocenters. The van der Waals surface area contributed by atoms with E-state index in [4.69, 9.17) is 4.74 Å². The Labute approximate surface area is 173 Å². The molecule has 1 aliphatic rings. The lowest BCUT2D eigenvalue weighted by Gasteiger charge is -2.17. The van der Waals surface area contributed by atoms with Crippen LogP contribution in [0, 0.1) is 13.8 Å². The van der Waals surface area contributed by atoms with Crippen LogP contribution in [-0.2, 0) is 0 Å². The lowest BCUT2D eigenvalue weighted by Crippen LogP contribution is -2.27. The van der Waals surface area contributed by atoms with E-state index in [2.05, 4.69) is 15.2 Å². The number of fused-ring (bicyclic) bond motifs is 1. The van der Waals surface area contributed by atoms with Crippen molar-refractivity contribution in [1.82, 2.24) is 14.3 Å². The summed E-state index contributed by atoms with van der Waals surface area (Å²) in [4.78, 5) is 33.6. The number of thiazole rings is 1. The molecule has 1 amide bonds. The highest BCUT2D eigenvalue weighted by Crippen LogP contribution is 2.26. The van der Waals surface area contributed by atoms with Gasteiger partial charge in [0.25, 0.3) is 11.5 Å². The van der Waals surface area contributed by atoms with Crippen molar-refractivity contribution in [3.63, 3.8) is 0 Å². The van der Waals surface area contributed by atoms with E-state index in [0.717, 1.165) is 30.1 Å². The first-order chi connectivity index (χ1) is 14.0. The van der Waals surface area contributed by atoms with Crippen LogP contribution in [0.5, 0.6) is 5.75 Å².